The first-order chi connectivity index (χ1) is 10.2. The lowest BCUT2D eigenvalue weighted by atomic mass is 9.96. The van der Waals surface area contributed by atoms with Gasteiger partial charge in [-0.2, -0.15) is 9.40 Å². The molecule has 2 unspecified atom stereocenters. The maximum absolute atomic E-state index is 13.0. The van der Waals surface area contributed by atoms with E-state index in [1.54, 1.807) is 18.5 Å². The summed E-state index contributed by atoms with van der Waals surface area (Å²) < 4.78 is 29.0. The van der Waals surface area contributed by atoms with Crippen LogP contribution in [0.3, 0.4) is 0 Å². The van der Waals surface area contributed by atoms with Gasteiger partial charge in [0.15, 0.2) is 0 Å². The van der Waals surface area contributed by atoms with E-state index >= 15 is 0 Å². The molecule has 2 rings (SSSR count). The lowest BCUT2D eigenvalue weighted by molar-refractivity contribution is -0.143. The molecule has 1 saturated heterocycles. The molecule has 1 aliphatic rings. The molecule has 0 amide bonds. The normalized spacial score (nSPS) is 23.6. The van der Waals surface area contributed by atoms with Crippen LogP contribution < -0.4 is 0 Å². The van der Waals surface area contributed by atoms with Gasteiger partial charge in [0, 0.05) is 19.1 Å². The predicted octanol–water partition coefficient (Wildman–Crippen LogP) is 1.39. The third-order valence-corrected chi connectivity index (χ3v) is 6.59. The highest BCUT2D eigenvalue weighted by atomic mass is 32.2. The van der Waals surface area contributed by atoms with Crippen molar-refractivity contribution >= 4 is 16.0 Å². The average molecular weight is 329 g/mol. The lowest BCUT2D eigenvalue weighted by Crippen LogP contribution is -2.47. The van der Waals surface area contributed by atoms with Crippen LogP contribution in [0.15, 0.2) is 4.90 Å². The molecular formula is C14H23N3O4S. The molecule has 0 bridgehead atoms. The van der Waals surface area contributed by atoms with Gasteiger partial charge in [-0.3, -0.25) is 9.48 Å². The van der Waals surface area contributed by atoms with E-state index in [0.29, 0.717) is 30.8 Å². The van der Waals surface area contributed by atoms with E-state index in [1.165, 1.54) is 4.31 Å². The van der Waals surface area contributed by atoms with Crippen LogP contribution >= 0.6 is 0 Å². The topological polar surface area (TPSA) is 92.5 Å². The number of rotatable bonds is 4. The summed E-state index contributed by atoms with van der Waals surface area (Å²) in [6.07, 6.45) is 1.06. The summed E-state index contributed by atoms with van der Waals surface area (Å²) in [6.45, 7) is 7.75. The van der Waals surface area contributed by atoms with Crippen LogP contribution in [0.2, 0.25) is 0 Å². The zero-order chi connectivity index (χ0) is 16.7. The fourth-order valence-electron chi connectivity index (χ4n) is 3.09. The van der Waals surface area contributed by atoms with Crippen molar-refractivity contribution in [2.45, 2.75) is 58.0 Å². The highest BCUT2D eigenvalue weighted by Gasteiger charge is 2.39. The van der Waals surface area contributed by atoms with E-state index in [-0.39, 0.29) is 17.5 Å². The number of carbonyl (C=O) groups is 1. The molecule has 1 fully saturated rings. The Kier molecular flexibility index (Phi) is 4.62. The van der Waals surface area contributed by atoms with Crippen molar-refractivity contribution in [3.8, 4) is 0 Å². The van der Waals surface area contributed by atoms with Crippen LogP contribution in [0.5, 0.6) is 0 Å². The Labute approximate surface area is 131 Å². The molecule has 1 N–H and O–H groups in total. The van der Waals surface area contributed by atoms with Crippen molar-refractivity contribution in [1.29, 1.82) is 0 Å². The summed E-state index contributed by atoms with van der Waals surface area (Å²) in [4.78, 5) is 11.4. The van der Waals surface area contributed by atoms with Crippen LogP contribution in [0.4, 0.5) is 0 Å². The lowest BCUT2D eigenvalue weighted by Gasteiger charge is -2.35. The number of hydrogen-bond donors (Lipinski definition) is 1. The Balaban J connectivity index is 2.45. The van der Waals surface area contributed by atoms with E-state index in [4.69, 9.17) is 0 Å². The maximum Gasteiger partial charge on any atom is 0.307 e. The van der Waals surface area contributed by atoms with Crippen LogP contribution in [0.1, 0.15) is 38.1 Å². The molecule has 2 atom stereocenters. The molecule has 2 heterocycles. The average Bonchev–Trinajstić information content (AvgIpc) is 2.73. The zero-order valence-corrected chi connectivity index (χ0v) is 14.2. The number of carboxylic acid groups (broad SMARTS) is 1. The monoisotopic (exact) mass is 329 g/mol. The Morgan fingerprint density at radius 1 is 1.36 bits per heavy atom. The second-order valence-corrected chi connectivity index (χ2v) is 7.68. The summed E-state index contributed by atoms with van der Waals surface area (Å²) >= 11 is 0. The summed E-state index contributed by atoms with van der Waals surface area (Å²) in [5.74, 6) is -1.59. The summed E-state index contributed by atoms with van der Waals surface area (Å²) in [5.41, 5.74) is 1.06. The van der Waals surface area contributed by atoms with Gasteiger partial charge in [-0.15, -0.1) is 0 Å². The van der Waals surface area contributed by atoms with E-state index in [1.807, 2.05) is 13.8 Å². The van der Waals surface area contributed by atoms with Gasteiger partial charge in [-0.05, 0) is 40.5 Å². The largest absolute Gasteiger partial charge is 0.481 e. The number of aryl methyl sites for hydroxylation is 2. The SMILES string of the molecule is CCn1nc(C)c(S(=O)(=O)N2CC(C(=O)O)CCC2C)c1C. The minimum atomic E-state index is -3.74. The zero-order valence-electron chi connectivity index (χ0n) is 13.4. The number of hydrogen-bond acceptors (Lipinski definition) is 4. The molecule has 22 heavy (non-hydrogen) atoms. The third kappa shape index (κ3) is 2.77. The van der Waals surface area contributed by atoms with Gasteiger partial charge in [-0.25, -0.2) is 8.42 Å². The fraction of sp³-hybridized carbons (Fsp3) is 0.714. The second-order valence-electron chi connectivity index (χ2n) is 5.85. The first kappa shape index (κ1) is 17.0. The summed E-state index contributed by atoms with van der Waals surface area (Å²) in [5, 5.41) is 13.5. The molecule has 124 valence electrons. The van der Waals surface area contributed by atoms with Gasteiger partial charge >= 0.3 is 5.97 Å². The molecule has 0 aromatic carbocycles. The number of carboxylic acids is 1. The highest BCUT2D eigenvalue weighted by Crippen LogP contribution is 2.31. The summed E-state index contributed by atoms with van der Waals surface area (Å²) in [7, 11) is -3.74. The molecule has 1 aliphatic heterocycles. The molecule has 0 radical (unpaired) electrons. The molecule has 0 saturated carbocycles. The van der Waals surface area contributed by atoms with Gasteiger partial charge in [0.05, 0.1) is 17.3 Å². The third-order valence-electron chi connectivity index (χ3n) is 4.36. The summed E-state index contributed by atoms with van der Waals surface area (Å²) in [6, 6.07) is -0.204. The number of aliphatic carboxylic acids is 1. The van der Waals surface area contributed by atoms with Gasteiger partial charge in [0.2, 0.25) is 10.0 Å². The highest BCUT2D eigenvalue weighted by molar-refractivity contribution is 7.89. The van der Waals surface area contributed by atoms with Crippen molar-refractivity contribution in [1.82, 2.24) is 14.1 Å². The van der Waals surface area contributed by atoms with Crippen molar-refractivity contribution in [3.63, 3.8) is 0 Å². The number of piperidine rings is 1. The number of sulfonamides is 1. The van der Waals surface area contributed by atoms with Crippen LogP contribution in [-0.2, 0) is 21.4 Å². The van der Waals surface area contributed by atoms with Crippen LogP contribution in [0, 0.1) is 19.8 Å². The number of aromatic nitrogens is 2. The van der Waals surface area contributed by atoms with Gasteiger partial charge in [0.25, 0.3) is 0 Å². The Hall–Kier alpha value is -1.41. The minimum Gasteiger partial charge on any atom is -0.481 e. The van der Waals surface area contributed by atoms with Crippen molar-refractivity contribution in [3.05, 3.63) is 11.4 Å². The molecule has 1 aromatic heterocycles. The molecule has 0 spiro atoms. The predicted molar refractivity (Wildman–Crippen MR) is 81.1 cm³/mol. The first-order valence-electron chi connectivity index (χ1n) is 7.48. The van der Waals surface area contributed by atoms with E-state index < -0.39 is 21.9 Å². The smallest absolute Gasteiger partial charge is 0.307 e. The molecule has 1 aromatic rings. The molecular weight excluding hydrogens is 306 g/mol. The quantitative estimate of drug-likeness (QED) is 0.901. The second kappa shape index (κ2) is 6.00. The maximum atomic E-state index is 13.0. The van der Waals surface area contributed by atoms with E-state index in [0.717, 1.165) is 0 Å². The molecule has 8 heteroatoms. The molecule has 7 nitrogen and oxygen atoms in total. The fourth-order valence-corrected chi connectivity index (χ4v) is 5.17. The Morgan fingerprint density at radius 3 is 2.50 bits per heavy atom. The van der Waals surface area contributed by atoms with Gasteiger partial charge < -0.3 is 5.11 Å². The van der Waals surface area contributed by atoms with Crippen molar-refractivity contribution < 1.29 is 18.3 Å². The first-order valence-corrected chi connectivity index (χ1v) is 8.92. The minimum absolute atomic E-state index is 0.0228. The van der Waals surface area contributed by atoms with Gasteiger partial charge in [0.1, 0.15) is 4.90 Å². The van der Waals surface area contributed by atoms with Gasteiger partial charge in [-0.1, -0.05) is 0 Å². The molecule has 0 aliphatic carbocycles. The van der Waals surface area contributed by atoms with Crippen LogP contribution in [0.25, 0.3) is 0 Å². The Bertz CT molecular complexity index is 681. The van der Waals surface area contributed by atoms with E-state index in [2.05, 4.69) is 5.10 Å². The van der Waals surface area contributed by atoms with Crippen LogP contribution in [-0.4, -0.2) is 46.2 Å². The van der Waals surface area contributed by atoms with Crippen molar-refractivity contribution in [2.75, 3.05) is 6.54 Å². The van der Waals surface area contributed by atoms with Crippen molar-refractivity contribution in [2.24, 2.45) is 5.92 Å². The van der Waals surface area contributed by atoms with E-state index in [9.17, 15) is 18.3 Å². The number of nitrogens with zero attached hydrogens (tertiary/aromatic N) is 3. The standard InChI is InChI=1S/C14H23N3O4S/c1-5-16-11(4)13(10(3)15-16)22(20,21)17-8-12(14(18)19)7-6-9(17)2/h9,12H,5-8H2,1-4H3,(H,18,19). The Morgan fingerprint density at radius 2 is 2.00 bits per heavy atom.